The normalized spacial score (nSPS) is 10.2. The van der Waals surface area contributed by atoms with E-state index in [2.05, 4.69) is 10.6 Å². The van der Waals surface area contributed by atoms with Gasteiger partial charge in [-0.05, 0) is 48.5 Å². The van der Waals surface area contributed by atoms with Gasteiger partial charge in [0.25, 0.3) is 11.8 Å². The molecule has 6 nitrogen and oxygen atoms in total. The largest absolute Gasteiger partial charge is 0.478 e. The molecule has 28 heavy (non-hydrogen) atoms. The van der Waals surface area contributed by atoms with Crippen molar-refractivity contribution in [3.63, 3.8) is 0 Å². The van der Waals surface area contributed by atoms with E-state index in [0.717, 1.165) is 0 Å². The van der Waals surface area contributed by atoms with E-state index in [0.29, 0.717) is 5.69 Å². The number of hydrogen-bond acceptors (Lipinski definition) is 3. The number of carboxylic acids is 1. The zero-order chi connectivity index (χ0) is 20.1. The Labute approximate surface area is 159 Å². The Morgan fingerprint density at radius 1 is 0.714 bits per heavy atom. The second-order valence-electron chi connectivity index (χ2n) is 5.82. The van der Waals surface area contributed by atoms with Crippen LogP contribution < -0.4 is 10.6 Å². The maximum absolute atomic E-state index is 13.8. The van der Waals surface area contributed by atoms with E-state index in [1.807, 2.05) is 0 Å². The summed E-state index contributed by atoms with van der Waals surface area (Å²) in [7, 11) is 0. The summed E-state index contributed by atoms with van der Waals surface area (Å²) in [4.78, 5) is 35.8. The van der Waals surface area contributed by atoms with Gasteiger partial charge in [-0.3, -0.25) is 9.59 Å². The quantitative estimate of drug-likeness (QED) is 0.625. The lowest BCUT2D eigenvalue weighted by Gasteiger charge is -2.12. The van der Waals surface area contributed by atoms with Crippen LogP contribution in [0.2, 0.25) is 0 Å². The summed E-state index contributed by atoms with van der Waals surface area (Å²) in [6, 6.07) is 17.5. The first kappa shape index (κ1) is 18.8. The van der Waals surface area contributed by atoms with Crippen LogP contribution in [0.4, 0.5) is 15.8 Å². The number of halogens is 1. The van der Waals surface area contributed by atoms with Crippen molar-refractivity contribution in [2.24, 2.45) is 0 Å². The molecule has 0 radical (unpaired) electrons. The first-order chi connectivity index (χ1) is 13.5. The predicted molar refractivity (Wildman–Crippen MR) is 102 cm³/mol. The van der Waals surface area contributed by atoms with Gasteiger partial charge in [0.15, 0.2) is 0 Å². The summed E-state index contributed by atoms with van der Waals surface area (Å²) in [5, 5.41) is 14.1. The Morgan fingerprint density at radius 3 is 1.93 bits per heavy atom. The number of carboxylic acid groups (broad SMARTS) is 1. The smallest absolute Gasteiger partial charge is 0.335 e. The van der Waals surface area contributed by atoms with E-state index < -0.39 is 23.6 Å². The Balaban J connectivity index is 1.79. The number of anilines is 2. The molecule has 0 spiro atoms. The average molecular weight is 378 g/mol. The van der Waals surface area contributed by atoms with Gasteiger partial charge >= 0.3 is 5.97 Å². The van der Waals surface area contributed by atoms with Crippen molar-refractivity contribution in [1.82, 2.24) is 0 Å². The van der Waals surface area contributed by atoms with Crippen LogP contribution in [-0.4, -0.2) is 22.9 Å². The van der Waals surface area contributed by atoms with Crippen LogP contribution in [0.1, 0.15) is 31.1 Å². The van der Waals surface area contributed by atoms with Crippen LogP contribution in [0.3, 0.4) is 0 Å². The molecule has 0 aliphatic heterocycles. The molecule has 0 unspecified atom stereocenters. The molecular formula is C21H15FN2O4. The number of para-hydroxylation sites is 1. The van der Waals surface area contributed by atoms with Gasteiger partial charge in [-0.25, -0.2) is 9.18 Å². The lowest BCUT2D eigenvalue weighted by Crippen LogP contribution is -2.19. The molecular weight excluding hydrogens is 363 g/mol. The molecule has 0 heterocycles. The molecule has 0 aliphatic carbocycles. The number of benzene rings is 3. The van der Waals surface area contributed by atoms with Crippen molar-refractivity contribution in [3.8, 4) is 0 Å². The summed E-state index contributed by atoms with van der Waals surface area (Å²) < 4.78 is 13.8. The number of carbonyl (C=O) groups is 3. The second-order valence-corrected chi connectivity index (χ2v) is 5.82. The second kappa shape index (κ2) is 8.13. The average Bonchev–Trinajstić information content (AvgIpc) is 2.69. The summed E-state index contributed by atoms with van der Waals surface area (Å²) in [5.74, 6) is -2.92. The fourth-order valence-electron chi connectivity index (χ4n) is 2.52. The molecule has 0 atom stereocenters. The third-order valence-corrected chi connectivity index (χ3v) is 3.93. The van der Waals surface area contributed by atoms with Crippen molar-refractivity contribution < 1.29 is 23.9 Å². The van der Waals surface area contributed by atoms with Crippen molar-refractivity contribution in [2.75, 3.05) is 10.6 Å². The zero-order valence-corrected chi connectivity index (χ0v) is 14.5. The molecule has 3 N–H and O–H groups in total. The van der Waals surface area contributed by atoms with Crippen molar-refractivity contribution in [1.29, 1.82) is 0 Å². The minimum atomic E-state index is -1.07. The van der Waals surface area contributed by atoms with Crippen molar-refractivity contribution in [3.05, 3.63) is 95.3 Å². The molecule has 0 aliphatic rings. The third kappa shape index (κ3) is 4.21. The van der Waals surface area contributed by atoms with Crippen LogP contribution >= 0.6 is 0 Å². The number of amides is 2. The summed E-state index contributed by atoms with van der Waals surface area (Å²) in [6.45, 7) is 0. The van der Waals surface area contributed by atoms with Gasteiger partial charge in [-0.15, -0.1) is 0 Å². The fourth-order valence-corrected chi connectivity index (χ4v) is 2.52. The predicted octanol–water partition coefficient (Wildman–Crippen LogP) is 4.03. The van der Waals surface area contributed by atoms with Crippen LogP contribution in [0.5, 0.6) is 0 Å². The van der Waals surface area contributed by atoms with Crippen LogP contribution in [-0.2, 0) is 0 Å². The first-order valence-corrected chi connectivity index (χ1v) is 8.25. The zero-order valence-electron chi connectivity index (χ0n) is 14.5. The molecule has 7 heteroatoms. The molecule has 0 fully saturated rings. The maximum Gasteiger partial charge on any atom is 0.335 e. The number of carbonyl (C=O) groups excluding carboxylic acids is 2. The number of nitrogens with one attached hydrogen (secondary N) is 2. The molecule has 0 bridgehead atoms. The van der Waals surface area contributed by atoms with E-state index in [4.69, 9.17) is 5.11 Å². The van der Waals surface area contributed by atoms with Crippen LogP contribution in [0.15, 0.2) is 72.8 Å². The standard InChI is InChI=1S/C21H15FN2O4/c22-17-7-3-1-5-15(17)19(25)24-18-8-4-2-6-16(18)20(26)23-14-11-9-13(10-12-14)21(27)28/h1-12H,(H,23,26)(H,24,25)(H,27,28). The molecule has 0 saturated carbocycles. The van der Waals surface area contributed by atoms with Crippen molar-refractivity contribution in [2.45, 2.75) is 0 Å². The van der Waals surface area contributed by atoms with Crippen LogP contribution in [0, 0.1) is 5.82 Å². The topological polar surface area (TPSA) is 95.5 Å². The number of aromatic carboxylic acids is 1. The van der Waals surface area contributed by atoms with E-state index >= 15 is 0 Å². The molecule has 2 amide bonds. The molecule has 0 aromatic heterocycles. The highest BCUT2D eigenvalue weighted by molar-refractivity contribution is 6.12. The summed E-state index contributed by atoms with van der Waals surface area (Å²) in [6.07, 6.45) is 0. The highest BCUT2D eigenvalue weighted by atomic mass is 19.1. The van der Waals surface area contributed by atoms with Gasteiger partial charge in [0.05, 0.1) is 22.4 Å². The number of hydrogen-bond donors (Lipinski definition) is 3. The lowest BCUT2D eigenvalue weighted by atomic mass is 10.1. The highest BCUT2D eigenvalue weighted by Crippen LogP contribution is 2.19. The van der Waals surface area contributed by atoms with Crippen molar-refractivity contribution >= 4 is 29.2 Å². The van der Waals surface area contributed by atoms with Gasteiger partial charge in [0, 0.05) is 5.69 Å². The van der Waals surface area contributed by atoms with Gasteiger partial charge in [0.1, 0.15) is 5.82 Å². The van der Waals surface area contributed by atoms with Crippen LogP contribution in [0.25, 0.3) is 0 Å². The minimum Gasteiger partial charge on any atom is -0.478 e. The maximum atomic E-state index is 13.8. The van der Waals surface area contributed by atoms with E-state index in [9.17, 15) is 18.8 Å². The van der Waals surface area contributed by atoms with E-state index in [1.54, 1.807) is 12.1 Å². The molecule has 140 valence electrons. The van der Waals surface area contributed by atoms with Gasteiger partial charge in [-0.1, -0.05) is 24.3 Å². The highest BCUT2D eigenvalue weighted by Gasteiger charge is 2.16. The Bertz CT molecular complexity index is 1050. The van der Waals surface area contributed by atoms with E-state index in [-0.39, 0.29) is 22.4 Å². The number of rotatable bonds is 5. The Morgan fingerprint density at radius 2 is 1.29 bits per heavy atom. The van der Waals surface area contributed by atoms with E-state index in [1.165, 1.54) is 60.7 Å². The first-order valence-electron chi connectivity index (χ1n) is 8.25. The molecule has 0 saturated heterocycles. The minimum absolute atomic E-state index is 0.0931. The third-order valence-electron chi connectivity index (χ3n) is 3.93. The van der Waals surface area contributed by atoms with Gasteiger partial charge in [-0.2, -0.15) is 0 Å². The monoisotopic (exact) mass is 378 g/mol. The summed E-state index contributed by atoms with van der Waals surface area (Å²) >= 11 is 0. The molecule has 3 aromatic carbocycles. The Hall–Kier alpha value is -4.00. The summed E-state index contributed by atoms with van der Waals surface area (Å²) in [5.41, 5.74) is 0.743. The Kier molecular flexibility index (Phi) is 5.45. The lowest BCUT2D eigenvalue weighted by molar-refractivity contribution is 0.0696. The van der Waals surface area contributed by atoms with Gasteiger partial charge in [0.2, 0.25) is 0 Å². The van der Waals surface area contributed by atoms with Gasteiger partial charge < -0.3 is 15.7 Å². The molecule has 3 rings (SSSR count). The SMILES string of the molecule is O=C(O)c1ccc(NC(=O)c2ccccc2NC(=O)c2ccccc2F)cc1. The molecule has 3 aromatic rings. The fraction of sp³-hybridized carbons (Fsp3) is 0.